The Balaban J connectivity index is 1.84. The summed E-state index contributed by atoms with van der Waals surface area (Å²) < 4.78 is 27.5. The van der Waals surface area contributed by atoms with E-state index in [9.17, 15) is 9.59 Å². The smallest absolute Gasteiger partial charge is 0.340 e. The lowest BCUT2D eigenvalue weighted by atomic mass is 9.98. The minimum atomic E-state index is -0.488. The summed E-state index contributed by atoms with van der Waals surface area (Å²) >= 11 is 0. The van der Waals surface area contributed by atoms with Crippen LogP contribution >= 0.6 is 0 Å². The monoisotopic (exact) mass is 453 g/mol. The summed E-state index contributed by atoms with van der Waals surface area (Å²) in [5.74, 6) is 1.13. The molecular formula is C25H27NO7. The van der Waals surface area contributed by atoms with Crippen molar-refractivity contribution in [2.24, 2.45) is 0 Å². The molecule has 0 fully saturated rings. The molecule has 33 heavy (non-hydrogen) atoms. The first-order valence-electron chi connectivity index (χ1n) is 10.7. The second-order valence-corrected chi connectivity index (χ2v) is 7.89. The molecule has 8 heteroatoms. The van der Waals surface area contributed by atoms with E-state index >= 15 is 0 Å². The fourth-order valence-electron chi connectivity index (χ4n) is 4.32. The van der Waals surface area contributed by atoms with Crippen molar-refractivity contribution < 1.29 is 28.2 Å². The molecule has 0 bridgehead atoms. The van der Waals surface area contributed by atoms with E-state index in [1.807, 2.05) is 17.9 Å². The minimum Gasteiger partial charge on any atom is -0.493 e. The quantitative estimate of drug-likeness (QED) is 0.405. The van der Waals surface area contributed by atoms with Gasteiger partial charge in [-0.25, -0.2) is 9.59 Å². The maximum Gasteiger partial charge on any atom is 0.340 e. The van der Waals surface area contributed by atoms with Gasteiger partial charge in [-0.2, -0.15) is 0 Å². The Morgan fingerprint density at radius 1 is 1.09 bits per heavy atom. The summed E-state index contributed by atoms with van der Waals surface area (Å²) in [6, 6.07) is 6.92. The SMILES string of the molecule is CCCc1cc(=O)oc2c(C)c3c(cc12)CN(c1cc(OC)c(OC)cc1C(=O)OC)CO3. The van der Waals surface area contributed by atoms with Gasteiger partial charge >= 0.3 is 11.6 Å². The molecule has 2 heterocycles. The van der Waals surface area contributed by atoms with Crippen LogP contribution in [0.4, 0.5) is 5.69 Å². The number of anilines is 1. The molecule has 2 aromatic carbocycles. The highest BCUT2D eigenvalue weighted by Crippen LogP contribution is 2.40. The molecule has 0 saturated carbocycles. The van der Waals surface area contributed by atoms with Crippen LogP contribution in [-0.2, 0) is 17.7 Å². The number of methoxy groups -OCH3 is 3. The number of hydrogen-bond acceptors (Lipinski definition) is 8. The van der Waals surface area contributed by atoms with Crippen LogP contribution in [0.3, 0.4) is 0 Å². The fraction of sp³-hybridized carbons (Fsp3) is 0.360. The van der Waals surface area contributed by atoms with E-state index in [1.165, 1.54) is 14.2 Å². The van der Waals surface area contributed by atoms with Crippen molar-refractivity contribution in [3.05, 3.63) is 56.9 Å². The van der Waals surface area contributed by atoms with E-state index in [0.717, 1.165) is 34.9 Å². The second kappa shape index (κ2) is 9.05. The lowest BCUT2D eigenvalue weighted by molar-refractivity contribution is 0.0600. The van der Waals surface area contributed by atoms with Crippen LogP contribution in [0.2, 0.25) is 0 Å². The Morgan fingerprint density at radius 2 is 1.82 bits per heavy atom. The molecule has 1 aromatic heterocycles. The molecule has 0 radical (unpaired) electrons. The molecule has 0 atom stereocenters. The van der Waals surface area contributed by atoms with Crippen molar-refractivity contribution in [3.63, 3.8) is 0 Å². The number of aryl methyl sites for hydroxylation is 2. The Hall–Kier alpha value is -3.68. The van der Waals surface area contributed by atoms with Gasteiger partial charge in [0.25, 0.3) is 0 Å². The molecule has 0 aliphatic carbocycles. The van der Waals surface area contributed by atoms with Gasteiger partial charge < -0.3 is 28.3 Å². The topological polar surface area (TPSA) is 87.4 Å². The molecule has 174 valence electrons. The van der Waals surface area contributed by atoms with Crippen LogP contribution < -0.4 is 24.7 Å². The van der Waals surface area contributed by atoms with Crippen LogP contribution in [0.5, 0.6) is 17.2 Å². The lowest BCUT2D eigenvalue weighted by Gasteiger charge is -2.33. The molecule has 0 N–H and O–H groups in total. The van der Waals surface area contributed by atoms with Gasteiger partial charge in [-0.1, -0.05) is 13.3 Å². The van der Waals surface area contributed by atoms with Gasteiger partial charge in [-0.15, -0.1) is 0 Å². The summed E-state index contributed by atoms with van der Waals surface area (Å²) in [6.45, 7) is 4.64. The number of benzene rings is 2. The van der Waals surface area contributed by atoms with Crippen molar-refractivity contribution in [2.75, 3.05) is 33.0 Å². The molecule has 1 aliphatic rings. The first-order chi connectivity index (χ1) is 15.9. The molecule has 0 unspecified atom stereocenters. The van der Waals surface area contributed by atoms with E-state index in [2.05, 4.69) is 6.92 Å². The molecule has 0 amide bonds. The molecule has 0 saturated heterocycles. The molecule has 3 aromatic rings. The molecule has 8 nitrogen and oxygen atoms in total. The standard InChI is InChI=1S/C25H27NO7/c1-6-7-15-9-22(27)33-24-14(2)23-16(8-17(15)24)12-26(13-32-23)19-11-21(30-4)20(29-3)10-18(19)25(28)31-5/h8-11H,6-7,12-13H2,1-5H3. The van der Waals surface area contributed by atoms with Gasteiger partial charge in [0.15, 0.2) is 18.2 Å². The number of carbonyl (C=O) groups is 1. The van der Waals surface area contributed by atoms with E-state index in [0.29, 0.717) is 40.6 Å². The van der Waals surface area contributed by atoms with Gasteiger partial charge in [0.1, 0.15) is 11.3 Å². The molecule has 1 aliphatic heterocycles. The van der Waals surface area contributed by atoms with Crippen molar-refractivity contribution in [2.45, 2.75) is 33.2 Å². The van der Waals surface area contributed by atoms with Crippen molar-refractivity contribution >= 4 is 22.6 Å². The lowest BCUT2D eigenvalue weighted by Crippen LogP contribution is -2.33. The molecular weight excluding hydrogens is 426 g/mol. The Morgan fingerprint density at radius 3 is 2.48 bits per heavy atom. The Bertz CT molecular complexity index is 1280. The first-order valence-corrected chi connectivity index (χ1v) is 10.7. The average molecular weight is 453 g/mol. The zero-order valence-corrected chi connectivity index (χ0v) is 19.4. The van der Waals surface area contributed by atoms with E-state index in [1.54, 1.807) is 25.3 Å². The van der Waals surface area contributed by atoms with Gasteiger partial charge in [0, 0.05) is 41.3 Å². The first kappa shape index (κ1) is 22.5. The summed E-state index contributed by atoms with van der Waals surface area (Å²) in [4.78, 5) is 26.6. The maximum atomic E-state index is 12.5. The highest BCUT2D eigenvalue weighted by molar-refractivity contribution is 5.97. The van der Waals surface area contributed by atoms with E-state index in [4.69, 9.17) is 23.4 Å². The van der Waals surface area contributed by atoms with Gasteiger partial charge in [0.2, 0.25) is 0 Å². The average Bonchev–Trinajstić information content (AvgIpc) is 2.83. The van der Waals surface area contributed by atoms with Gasteiger partial charge in [-0.05, 0) is 25.0 Å². The van der Waals surface area contributed by atoms with Crippen LogP contribution in [-0.4, -0.2) is 34.0 Å². The third kappa shape index (κ3) is 3.97. The largest absolute Gasteiger partial charge is 0.493 e. The predicted octanol–water partition coefficient (Wildman–Crippen LogP) is 4.21. The zero-order chi connectivity index (χ0) is 23.7. The van der Waals surface area contributed by atoms with Crippen LogP contribution in [0.25, 0.3) is 11.0 Å². The van der Waals surface area contributed by atoms with Crippen molar-refractivity contribution in [1.29, 1.82) is 0 Å². The van der Waals surface area contributed by atoms with Crippen molar-refractivity contribution in [1.82, 2.24) is 0 Å². The highest BCUT2D eigenvalue weighted by atomic mass is 16.5. The summed E-state index contributed by atoms with van der Waals surface area (Å²) in [5.41, 5.74) is 3.82. The normalized spacial score (nSPS) is 12.8. The molecule has 0 spiro atoms. The second-order valence-electron chi connectivity index (χ2n) is 7.89. The minimum absolute atomic E-state index is 0.192. The Labute approximate surface area is 191 Å². The van der Waals surface area contributed by atoms with Crippen LogP contribution in [0, 0.1) is 6.92 Å². The fourth-order valence-corrected chi connectivity index (χ4v) is 4.32. The number of esters is 1. The summed E-state index contributed by atoms with van der Waals surface area (Å²) in [7, 11) is 4.39. The highest BCUT2D eigenvalue weighted by Gasteiger charge is 2.27. The summed E-state index contributed by atoms with van der Waals surface area (Å²) in [6.07, 6.45) is 1.68. The van der Waals surface area contributed by atoms with E-state index in [-0.39, 0.29) is 12.4 Å². The van der Waals surface area contributed by atoms with Crippen LogP contribution in [0.15, 0.2) is 33.5 Å². The summed E-state index contributed by atoms with van der Waals surface area (Å²) in [5, 5.41) is 0.902. The molecule has 4 rings (SSSR count). The number of ether oxygens (including phenoxy) is 4. The number of rotatable bonds is 6. The van der Waals surface area contributed by atoms with E-state index < -0.39 is 5.97 Å². The number of hydrogen-bond donors (Lipinski definition) is 0. The zero-order valence-electron chi connectivity index (χ0n) is 19.4. The van der Waals surface area contributed by atoms with Crippen molar-refractivity contribution in [3.8, 4) is 17.2 Å². The third-order valence-electron chi connectivity index (χ3n) is 5.87. The Kier molecular flexibility index (Phi) is 6.18. The number of carbonyl (C=O) groups excluding carboxylic acids is 1. The maximum absolute atomic E-state index is 12.5. The third-order valence-corrected chi connectivity index (χ3v) is 5.87. The number of fused-ring (bicyclic) bond motifs is 2. The van der Waals surface area contributed by atoms with Crippen LogP contribution in [0.1, 0.15) is 40.4 Å². The van der Waals surface area contributed by atoms with Gasteiger partial charge in [0.05, 0.1) is 32.6 Å². The number of nitrogens with zero attached hydrogens (tertiary/aromatic N) is 1. The van der Waals surface area contributed by atoms with Gasteiger partial charge in [-0.3, -0.25) is 0 Å². The predicted molar refractivity (Wildman–Crippen MR) is 124 cm³/mol.